The molecule has 0 aliphatic rings. The van der Waals surface area contributed by atoms with Crippen LogP contribution in [0, 0.1) is 0 Å². The van der Waals surface area contributed by atoms with Crippen molar-refractivity contribution in [1.29, 1.82) is 0 Å². The van der Waals surface area contributed by atoms with Crippen LogP contribution in [-0.2, 0) is 22.7 Å². The summed E-state index contributed by atoms with van der Waals surface area (Å²) < 4.78 is 12.7. The molecule has 0 saturated heterocycles. The summed E-state index contributed by atoms with van der Waals surface area (Å²) in [4.78, 5) is 24.5. The van der Waals surface area contributed by atoms with E-state index < -0.39 is 5.97 Å². The average Bonchev–Trinajstić information content (AvgIpc) is 3.22. The number of carbonyl (C=O) groups is 2. The Balaban J connectivity index is 1.59. The highest BCUT2D eigenvalue weighted by Gasteiger charge is 2.15. The minimum atomic E-state index is -0.420. The Morgan fingerprint density at radius 2 is 2.03 bits per heavy atom. The summed E-state index contributed by atoms with van der Waals surface area (Å²) in [6.07, 6.45) is 2.46. The molecule has 3 aromatic rings. The number of amides is 1. The van der Waals surface area contributed by atoms with Gasteiger partial charge >= 0.3 is 5.97 Å². The molecule has 0 unspecified atom stereocenters. The van der Waals surface area contributed by atoms with E-state index in [0.717, 1.165) is 6.42 Å². The minimum absolute atomic E-state index is 0.102. The van der Waals surface area contributed by atoms with Gasteiger partial charge < -0.3 is 14.8 Å². The van der Waals surface area contributed by atoms with Gasteiger partial charge in [-0.25, -0.2) is 4.79 Å². The van der Waals surface area contributed by atoms with Crippen LogP contribution in [0.1, 0.15) is 29.5 Å². The van der Waals surface area contributed by atoms with E-state index in [1.54, 1.807) is 42.5 Å². The second-order valence-corrected chi connectivity index (χ2v) is 8.42. The molecule has 178 valence electrons. The van der Waals surface area contributed by atoms with Crippen LogP contribution in [-0.4, -0.2) is 39.0 Å². The van der Waals surface area contributed by atoms with Crippen LogP contribution in [0.15, 0.2) is 66.3 Å². The fourth-order valence-corrected chi connectivity index (χ4v) is 3.84. The topological polar surface area (TPSA) is 95.3 Å². The lowest BCUT2D eigenvalue weighted by Crippen LogP contribution is -2.15. The van der Waals surface area contributed by atoms with Gasteiger partial charge in [-0.15, -0.1) is 16.8 Å². The quantitative estimate of drug-likeness (QED) is 0.212. The van der Waals surface area contributed by atoms with E-state index >= 15 is 0 Å². The van der Waals surface area contributed by atoms with Crippen LogP contribution >= 0.6 is 23.4 Å². The molecule has 0 aliphatic carbocycles. The van der Waals surface area contributed by atoms with Gasteiger partial charge in [-0.2, -0.15) is 0 Å². The van der Waals surface area contributed by atoms with E-state index in [-0.39, 0.29) is 18.3 Å². The molecule has 8 nitrogen and oxygen atoms in total. The highest BCUT2D eigenvalue weighted by molar-refractivity contribution is 7.99. The second kappa shape index (κ2) is 12.8. The molecule has 0 radical (unpaired) electrons. The zero-order valence-electron chi connectivity index (χ0n) is 18.7. The predicted molar refractivity (Wildman–Crippen MR) is 132 cm³/mol. The third kappa shape index (κ3) is 7.10. The van der Waals surface area contributed by atoms with Crippen LogP contribution in [0.5, 0.6) is 5.75 Å². The Labute approximate surface area is 207 Å². The van der Waals surface area contributed by atoms with Crippen LogP contribution in [0.25, 0.3) is 0 Å². The summed E-state index contributed by atoms with van der Waals surface area (Å²) in [7, 11) is 0. The zero-order chi connectivity index (χ0) is 24.3. The van der Waals surface area contributed by atoms with E-state index in [9.17, 15) is 9.59 Å². The summed E-state index contributed by atoms with van der Waals surface area (Å²) in [5.74, 6) is 0.570. The number of ether oxygens (including phenoxy) is 2. The van der Waals surface area contributed by atoms with Crippen molar-refractivity contribution in [1.82, 2.24) is 14.8 Å². The number of nitrogens with one attached hydrogen (secondary N) is 1. The van der Waals surface area contributed by atoms with Gasteiger partial charge in [0.05, 0.1) is 22.9 Å². The van der Waals surface area contributed by atoms with Crippen LogP contribution < -0.4 is 10.1 Å². The van der Waals surface area contributed by atoms with E-state index in [4.69, 9.17) is 21.1 Å². The number of hydrogen-bond acceptors (Lipinski definition) is 7. The van der Waals surface area contributed by atoms with E-state index in [0.29, 0.717) is 46.2 Å². The van der Waals surface area contributed by atoms with Crippen LogP contribution in [0.3, 0.4) is 0 Å². The Hall–Kier alpha value is -3.30. The molecule has 1 heterocycles. The molecule has 1 aromatic heterocycles. The van der Waals surface area contributed by atoms with Gasteiger partial charge in [0.1, 0.15) is 12.4 Å². The maximum atomic E-state index is 12.5. The zero-order valence-corrected chi connectivity index (χ0v) is 20.3. The van der Waals surface area contributed by atoms with Crippen molar-refractivity contribution in [3.05, 3.63) is 77.6 Å². The fourth-order valence-electron chi connectivity index (χ4n) is 2.88. The van der Waals surface area contributed by atoms with Crippen molar-refractivity contribution < 1.29 is 19.1 Å². The molecule has 2 aromatic carbocycles. The lowest BCUT2D eigenvalue weighted by Gasteiger charge is -2.10. The van der Waals surface area contributed by atoms with Crippen LogP contribution in [0.4, 0.5) is 5.69 Å². The Bertz CT molecular complexity index is 1150. The van der Waals surface area contributed by atoms with Crippen molar-refractivity contribution in [2.24, 2.45) is 0 Å². The van der Waals surface area contributed by atoms with E-state index in [2.05, 4.69) is 22.1 Å². The number of nitrogens with zero attached hydrogens (tertiary/aromatic N) is 3. The van der Waals surface area contributed by atoms with Crippen LogP contribution in [0.2, 0.25) is 5.02 Å². The van der Waals surface area contributed by atoms with Crippen molar-refractivity contribution in [2.45, 2.75) is 31.7 Å². The summed E-state index contributed by atoms with van der Waals surface area (Å²) >= 11 is 7.38. The second-order valence-electron chi connectivity index (χ2n) is 7.07. The number of allylic oxidation sites excluding steroid dienone is 1. The van der Waals surface area contributed by atoms with Gasteiger partial charge in [0.2, 0.25) is 5.91 Å². The Kier molecular flexibility index (Phi) is 9.54. The third-order valence-corrected chi connectivity index (χ3v) is 5.73. The lowest BCUT2D eigenvalue weighted by atomic mass is 10.2. The molecule has 0 saturated carbocycles. The van der Waals surface area contributed by atoms with Crippen molar-refractivity contribution >= 4 is 40.9 Å². The first-order chi connectivity index (χ1) is 16.5. The van der Waals surface area contributed by atoms with Gasteiger partial charge in [-0.05, 0) is 36.8 Å². The molecular formula is C24H25ClN4O4S. The highest BCUT2D eigenvalue weighted by atomic mass is 35.5. The number of halogens is 1. The van der Waals surface area contributed by atoms with Gasteiger partial charge in [0.25, 0.3) is 0 Å². The van der Waals surface area contributed by atoms with E-state index in [1.807, 2.05) is 23.6 Å². The summed E-state index contributed by atoms with van der Waals surface area (Å²) in [6.45, 7) is 6.67. The van der Waals surface area contributed by atoms with Gasteiger partial charge in [0, 0.05) is 12.2 Å². The molecule has 0 spiro atoms. The van der Waals surface area contributed by atoms with Gasteiger partial charge in [-0.3, -0.25) is 9.36 Å². The molecule has 0 fully saturated rings. The Morgan fingerprint density at radius 1 is 1.21 bits per heavy atom. The molecule has 3 rings (SSSR count). The molecule has 1 amide bonds. The first kappa shape index (κ1) is 25.3. The van der Waals surface area contributed by atoms with Gasteiger partial charge in [-0.1, -0.05) is 54.6 Å². The maximum Gasteiger partial charge on any atom is 0.338 e. The number of aromatic nitrogens is 3. The molecule has 10 heteroatoms. The largest absolute Gasteiger partial charge is 0.484 e. The first-order valence-electron chi connectivity index (χ1n) is 10.6. The smallest absolute Gasteiger partial charge is 0.338 e. The predicted octanol–water partition coefficient (Wildman–Crippen LogP) is 4.99. The molecule has 34 heavy (non-hydrogen) atoms. The molecular weight excluding hydrogens is 476 g/mol. The molecule has 0 atom stereocenters. The number of hydrogen-bond donors (Lipinski definition) is 1. The normalized spacial score (nSPS) is 10.5. The number of para-hydroxylation sites is 1. The highest BCUT2D eigenvalue weighted by Crippen LogP contribution is 2.25. The van der Waals surface area contributed by atoms with Gasteiger partial charge in [0.15, 0.2) is 11.0 Å². The minimum Gasteiger partial charge on any atom is -0.484 e. The summed E-state index contributed by atoms with van der Waals surface area (Å²) in [6, 6.07) is 13.8. The Morgan fingerprint density at radius 3 is 2.79 bits per heavy atom. The summed E-state index contributed by atoms with van der Waals surface area (Å²) in [5, 5.41) is 12.2. The lowest BCUT2D eigenvalue weighted by molar-refractivity contribution is -0.113. The molecule has 1 N–H and O–H groups in total. The fraction of sp³-hybridized carbons (Fsp3) is 0.250. The van der Waals surface area contributed by atoms with E-state index in [1.165, 1.54) is 11.8 Å². The van der Waals surface area contributed by atoms with Crippen molar-refractivity contribution in [2.75, 3.05) is 17.7 Å². The number of esters is 1. The first-order valence-corrected chi connectivity index (χ1v) is 12.0. The average molecular weight is 501 g/mol. The monoisotopic (exact) mass is 500 g/mol. The molecule has 0 aliphatic heterocycles. The number of anilines is 1. The van der Waals surface area contributed by atoms with Crippen molar-refractivity contribution in [3.8, 4) is 5.75 Å². The SMILES string of the molecule is C=CCn1c(COc2ccccc2Cl)nnc1SCC(=O)Nc1cccc(C(=O)OCCC)c1. The van der Waals surface area contributed by atoms with Crippen molar-refractivity contribution in [3.63, 3.8) is 0 Å². The maximum absolute atomic E-state index is 12.5. The number of benzene rings is 2. The molecule has 0 bridgehead atoms. The summed E-state index contributed by atoms with van der Waals surface area (Å²) in [5.41, 5.74) is 0.894. The number of thioether (sulfide) groups is 1. The standard InChI is InChI=1S/C24H25ClN4O4S/c1-3-12-29-21(15-33-20-11-6-5-10-19(20)25)27-28-24(29)34-16-22(30)26-18-9-7-8-17(14-18)23(31)32-13-4-2/h3,5-11,14H,1,4,12-13,15-16H2,2H3,(H,26,30). The third-order valence-electron chi connectivity index (χ3n) is 4.45. The number of rotatable bonds is 12. The number of carbonyl (C=O) groups excluding carboxylic acids is 2.